The molecule has 4 nitrogen and oxygen atoms in total. The fraction of sp³-hybridized carbons (Fsp3) is 0.538. The van der Waals surface area contributed by atoms with Gasteiger partial charge in [0.15, 0.2) is 5.82 Å². The highest BCUT2D eigenvalue weighted by molar-refractivity contribution is 5.94. The lowest BCUT2D eigenvalue weighted by Crippen LogP contribution is -2.43. The van der Waals surface area contributed by atoms with Crippen LogP contribution >= 0.6 is 0 Å². The molecule has 2 rings (SSSR count). The second-order valence-corrected chi connectivity index (χ2v) is 4.75. The number of nitrogens with zero attached hydrogens (tertiary/aromatic N) is 1. The monoisotopic (exact) mass is 270 g/mol. The second-order valence-electron chi connectivity index (χ2n) is 4.75. The van der Waals surface area contributed by atoms with Crippen LogP contribution in [0.1, 0.15) is 42.5 Å². The van der Waals surface area contributed by atoms with Crippen LogP contribution in [0.3, 0.4) is 0 Å². The molecule has 1 aliphatic rings. The minimum atomic E-state index is -1.30. The Labute approximate surface area is 109 Å². The molecule has 0 aliphatic heterocycles. The van der Waals surface area contributed by atoms with Crippen LogP contribution in [0.15, 0.2) is 12.3 Å². The highest BCUT2D eigenvalue weighted by atomic mass is 19.2. The van der Waals surface area contributed by atoms with E-state index in [0.29, 0.717) is 12.8 Å². The number of pyridine rings is 1. The molecule has 0 saturated heterocycles. The Morgan fingerprint density at radius 3 is 2.84 bits per heavy atom. The number of aromatic nitrogens is 1. The molecule has 0 aromatic carbocycles. The molecule has 0 spiro atoms. The number of hydrogen-bond donors (Lipinski definition) is 2. The fourth-order valence-electron chi connectivity index (χ4n) is 2.30. The third kappa shape index (κ3) is 3.26. The Morgan fingerprint density at radius 2 is 2.05 bits per heavy atom. The SMILES string of the molecule is O=C(NC1CCCCCC1O)c1ccnc(F)c1F. The van der Waals surface area contributed by atoms with E-state index in [1.54, 1.807) is 0 Å². The zero-order chi connectivity index (χ0) is 13.8. The Morgan fingerprint density at radius 1 is 1.32 bits per heavy atom. The van der Waals surface area contributed by atoms with Gasteiger partial charge in [0.25, 0.3) is 5.91 Å². The lowest BCUT2D eigenvalue weighted by Gasteiger charge is -2.21. The molecule has 6 heteroatoms. The summed E-state index contributed by atoms with van der Waals surface area (Å²) in [5.41, 5.74) is -0.385. The number of aliphatic hydroxyl groups is 1. The second kappa shape index (κ2) is 6.06. The summed E-state index contributed by atoms with van der Waals surface area (Å²) in [6.45, 7) is 0. The van der Waals surface area contributed by atoms with E-state index in [4.69, 9.17) is 0 Å². The minimum Gasteiger partial charge on any atom is -0.391 e. The van der Waals surface area contributed by atoms with Crippen molar-refractivity contribution in [2.75, 3.05) is 0 Å². The molecule has 19 heavy (non-hydrogen) atoms. The molecule has 1 aromatic rings. The first kappa shape index (κ1) is 13.9. The Balaban J connectivity index is 2.09. The van der Waals surface area contributed by atoms with Crippen LogP contribution in [-0.4, -0.2) is 28.1 Å². The van der Waals surface area contributed by atoms with Gasteiger partial charge in [0.2, 0.25) is 5.95 Å². The van der Waals surface area contributed by atoms with E-state index >= 15 is 0 Å². The van der Waals surface area contributed by atoms with Gasteiger partial charge in [-0.05, 0) is 18.9 Å². The molecule has 1 fully saturated rings. The van der Waals surface area contributed by atoms with Crippen molar-refractivity contribution in [3.63, 3.8) is 0 Å². The zero-order valence-corrected chi connectivity index (χ0v) is 10.4. The predicted octanol–water partition coefficient (Wildman–Crippen LogP) is 1.78. The molecule has 1 aliphatic carbocycles. The first-order valence-corrected chi connectivity index (χ1v) is 6.38. The molecule has 0 bridgehead atoms. The van der Waals surface area contributed by atoms with Crippen LogP contribution in [0, 0.1) is 11.8 Å². The van der Waals surface area contributed by atoms with Gasteiger partial charge < -0.3 is 10.4 Å². The molecule has 0 radical (unpaired) electrons. The average molecular weight is 270 g/mol. The van der Waals surface area contributed by atoms with Crippen LogP contribution in [-0.2, 0) is 0 Å². The standard InChI is InChI=1S/C13H16F2N2O2/c14-11-8(6-7-16-12(11)15)13(19)17-9-4-2-1-3-5-10(9)18/h6-7,9-10,18H,1-5H2,(H,17,19). The van der Waals surface area contributed by atoms with Crippen LogP contribution in [0.5, 0.6) is 0 Å². The average Bonchev–Trinajstić information content (AvgIpc) is 2.58. The highest BCUT2D eigenvalue weighted by Crippen LogP contribution is 2.19. The van der Waals surface area contributed by atoms with Gasteiger partial charge in [0.05, 0.1) is 17.7 Å². The number of carbonyl (C=O) groups excluding carboxylic acids is 1. The van der Waals surface area contributed by atoms with E-state index in [0.717, 1.165) is 31.5 Å². The van der Waals surface area contributed by atoms with Gasteiger partial charge in [-0.3, -0.25) is 4.79 Å². The topological polar surface area (TPSA) is 62.2 Å². The molecule has 2 atom stereocenters. The normalized spacial score (nSPS) is 23.7. The van der Waals surface area contributed by atoms with Crippen molar-refractivity contribution in [1.29, 1.82) is 0 Å². The van der Waals surface area contributed by atoms with Crippen LogP contribution < -0.4 is 5.32 Å². The van der Waals surface area contributed by atoms with E-state index < -0.39 is 29.8 Å². The van der Waals surface area contributed by atoms with E-state index in [1.807, 2.05) is 0 Å². The van der Waals surface area contributed by atoms with E-state index in [2.05, 4.69) is 10.3 Å². The molecular weight excluding hydrogens is 254 g/mol. The molecule has 1 amide bonds. The maximum Gasteiger partial charge on any atom is 0.254 e. The highest BCUT2D eigenvalue weighted by Gasteiger charge is 2.25. The van der Waals surface area contributed by atoms with E-state index in [9.17, 15) is 18.7 Å². The van der Waals surface area contributed by atoms with Crippen molar-refractivity contribution in [2.24, 2.45) is 0 Å². The number of aliphatic hydroxyl groups excluding tert-OH is 1. The van der Waals surface area contributed by atoms with Crippen LogP contribution in [0.2, 0.25) is 0 Å². The van der Waals surface area contributed by atoms with Crippen molar-refractivity contribution in [3.8, 4) is 0 Å². The first-order chi connectivity index (χ1) is 9.09. The zero-order valence-electron chi connectivity index (χ0n) is 10.4. The molecule has 2 unspecified atom stereocenters. The summed E-state index contributed by atoms with van der Waals surface area (Å²) < 4.78 is 26.4. The van der Waals surface area contributed by atoms with Gasteiger partial charge >= 0.3 is 0 Å². The summed E-state index contributed by atoms with van der Waals surface area (Å²) >= 11 is 0. The van der Waals surface area contributed by atoms with Crippen LogP contribution in [0.25, 0.3) is 0 Å². The van der Waals surface area contributed by atoms with E-state index in [1.165, 1.54) is 0 Å². The number of nitrogens with one attached hydrogen (secondary N) is 1. The predicted molar refractivity (Wildman–Crippen MR) is 64.5 cm³/mol. The third-order valence-electron chi connectivity index (χ3n) is 3.39. The van der Waals surface area contributed by atoms with Gasteiger partial charge in [0, 0.05) is 6.20 Å². The molecule has 104 valence electrons. The van der Waals surface area contributed by atoms with Gasteiger partial charge in [-0.2, -0.15) is 4.39 Å². The Hall–Kier alpha value is -1.56. The van der Waals surface area contributed by atoms with Crippen molar-refractivity contribution >= 4 is 5.91 Å². The number of amides is 1. The quantitative estimate of drug-likeness (QED) is 0.636. The van der Waals surface area contributed by atoms with Crippen molar-refractivity contribution < 1.29 is 18.7 Å². The summed E-state index contributed by atoms with van der Waals surface area (Å²) in [5.74, 6) is -3.28. The maximum atomic E-state index is 13.4. The lowest BCUT2D eigenvalue weighted by molar-refractivity contribution is 0.0814. The van der Waals surface area contributed by atoms with Gasteiger partial charge in [0.1, 0.15) is 0 Å². The number of halogens is 2. The van der Waals surface area contributed by atoms with Crippen molar-refractivity contribution in [3.05, 3.63) is 29.6 Å². The molecule has 1 aromatic heterocycles. The van der Waals surface area contributed by atoms with Crippen molar-refractivity contribution in [2.45, 2.75) is 44.2 Å². The van der Waals surface area contributed by atoms with Gasteiger partial charge in [-0.15, -0.1) is 0 Å². The van der Waals surface area contributed by atoms with E-state index in [-0.39, 0.29) is 5.56 Å². The Kier molecular flexibility index (Phi) is 4.42. The molecular formula is C13H16F2N2O2. The maximum absolute atomic E-state index is 13.4. The van der Waals surface area contributed by atoms with Crippen molar-refractivity contribution in [1.82, 2.24) is 10.3 Å². The fourth-order valence-corrected chi connectivity index (χ4v) is 2.30. The molecule has 1 heterocycles. The number of hydrogen-bond acceptors (Lipinski definition) is 3. The largest absolute Gasteiger partial charge is 0.391 e. The summed E-state index contributed by atoms with van der Waals surface area (Å²) in [4.78, 5) is 15.0. The summed E-state index contributed by atoms with van der Waals surface area (Å²) in [6, 6.07) is 0.710. The third-order valence-corrected chi connectivity index (χ3v) is 3.39. The number of rotatable bonds is 2. The van der Waals surface area contributed by atoms with Crippen LogP contribution in [0.4, 0.5) is 8.78 Å². The first-order valence-electron chi connectivity index (χ1n) is 6.38. The minimum absolute atomic E-state index is 0.385. The summed E-state index contributed by atoms with van der Waals surface area (Å²) in [6.07, 6.45) is 4.46. The molecule has 2 N–H and O–H groups in total. The summed E-state index contributed by atoms with van der Waals surface area (Å²) in [7, 11) is 0. The number of carbonyl (C=O) groups is 1. The van der Waals surface area contributed by atoms with Gasteiger partial charge in [-0.1, -0.05) is 19.3 Å². The van der Waals surface area contributed by atoms with Gasteiger partial charge in [-0.25, -0.2) is 9.37 Å². The summed E-state index contributed by atoms with van der Waals surface area (Å²) in [5, 5.41) is 12.4. The Bertz CT molecular complexity index is 468. The molecule has 1 saturated carbocycles. The smallest absolute Gasteiger partial charge is 0.254 e. The lowest BCUT2D eigenvalue weighted by atomic mass is 10.1.